The lowest BCUT2D eigenvalue weighted by molar-refractivity contribution is -0.120. The Morgan fingerprint density at radius 1 is 1.15 bits per heavy atom. The molecule has 0 atom stereocenters. The SMILES string of the molecule is Cc1c(F)cccc1CN1CCC(Cc2ccn3ncc(N4CCC(=O)NC4=O)c3c2)CC1. The van der Waals surface area contributed by atoms with Crippen molar-refractivity contribution in [3.8, 4) is 0 Å². The second-order valence-electron chi connectivity index (χ2n) is 9.10. The first-order valence-electron chi connectivity index (χ1n) is 11.5. The lowest BCUT2D eigenvalue weighted by atomic mass is 9.90. The van der Waals surface area contributed by atoms with Crippen molar-refractivity contribution >= 4 is 23.1 Å². The number of amides is 3. The Morgan fingerprint density at radius 2 is 1.97 bits per heavy atom. The van der Waals surface area contributed by atoms with E-state index in [1.165, 1.54) is 11.6 Å². The highest BCUT2D eigenvalue weighted by Gasteiger charge is 2.27. The van der Waals surface area contributed by atoms with E-state index in [1.54, 1.807) is 21.7 Å². The van der Waals surface area contributed by atoms with E-state index in [4.69, 9.17) is 0 Å². The predicted molar refractivity (Wildman–Crippen MR) is 124 cm³/mol. The van der Waals surface area contributed by atoms with Gasteiger partial charge in [-0.05, 0) is 80.1 Å². The minimum absolute atomic E-state index is 0.134. The van der Waals surface area contributed by atoms with Crippen LogP contribution >= 0.6 is 0 Å². The fraction of sp³-hybridized carbons (Fsp3) is 0.400. The van der Waals surface area contributed by atoms with Gasteiger partial charge in [0, 0.05) is 25.7 Å². The van der Waals surface area contributed by atoms with Crippen molar-refractivity contribution in [1.29, 1.82) is 0 Å². The Kier molecular flexibility index (Phi) is 5.85. The quantitative estimate of drug-likeness (QED) is 0.645. The minimum atomic E-state index is -0.396. The number of likely N-dealkylation sites (tertiary alicyclic amines) is 1. The van der Waals surface area contributed by atoms with E-state index < -0.39 is 6.03 Å². The Balaban J connectivity index is 1.23. The number of fused-ring (bicyclic) bond motifs is 1. The maximum atomic E-state index is 13.8. The summed E-state index contributed by atoms with van der Waals surface area (Å²) in [5, 5.41) is 6.75. The average molecular weight is 450 g/mol. The number of nitrogens with zero attached hydrogens (tertiary/aromatic N) is 4. The normalized spacial score (nSPS) is 18.2. The van der Waals surface area contributed by atoms with E-state index in [2.05, 4.69) is 27.4 Å². The summed E-state index contributed by atoms with van der Waals surface area (Å²) in [4.78, 5) is 27.8. The summed E-state index contributed by atoms with van der Waals surface area (Å²) in [5.74, 6) is 0.206. The zero-order chi connectivity index (χ0) is 22.9. The molecule has 2 fully saturated rings. The highest BCUT2D eigenvalue weighted by molar-refractivity contribution is 6.07. The van der Waals surface area contributed by atoms with Crippen molar-refractivity contribution in [1.82, 2.24) is 19.8 Å². The van der Waals surface area contributed by atoms with Crippen LogP contribution in [-0.4, -0.2) is 46.1 Å². The van der Waals surface area contributed by atoms with Crippen molar-refractivity contribution in [2.75, 3.05) is 24.5 Å². The largest absolute Gasteiger partial charge is 0.328 e. The van der Waals surface area contributed by atoms with Crippen LogP contribution < -0.4 is 10.2 Å². The number of piperidine rings is 1. The number of benzene rings is 1. The molecule has 33 heavy (non-hydrogen) atoms. The average Bonchev–Trinajstić information content (AvgIpc) is 3.21. The van der Waals surface area contributed by atoms with Crippen molar-refractivity contribution in [2.45, 2.75) is 39.2 Å². The number of anilines is 1. The van der Waals surface area contributed by atoms with E-state index in [0.717, 1.165) is 61.2 Å². The van der Waals surface area contributed by atoms with Gasteiger partial charge in [0.2, 0.25) is 5.91 Å². The zero-order valence-electron chi connectivity index (χ0n) is 18.8. The number of nitrogens with one attached hydrogen (secondary N) is 1. The van der Waals surface area contributed by atoms with Gasteiger partial charge in [0.05, 0.1) is 17.4 Å². The Bertz CT molecular complexity index is 1200. The number of imide groups is 1. The molecule has 4 heterocycles. The summed E-state index contributed by atoms with van der Waals surface area (Å²) in [6.45, 7) is 5.01. The van der Waals surface area contributed by atoms with Crippen LogP contribution in [0.5, 0.6) is 0 Å². The second-order valence-corrected chi connectivity index (χ2v) is 9.10. The number of hydrogen-bond acceptors (Lipinski definition) is 4. The van der Waals surface area contributed by atoms with E-state index >= 15 is 0 Å². The molecule has 2 aromatic heterocycles. The molecular formula is C25H28FN5O2. The number of aromatic nitrogens is 2. The number of carbonyl (C=O) groups is 2. The first-order chi connectivity index (χ1) is 16.0. The van der Waals surface area contributed by atoms with Gasteiger partial charge in [0.25, 0.3) is 0 Å². The van der Waals surface area contributed by atoms with Crippen LogP contribution in [0.4, 0.5) is 14.9 Å². The van der Waals surface area contributed by atoms with E-state index in [-0.39, 0.29) is 18.1 Å². The Morgan fingerprint density at radius 3 is 2.76 bits per heavy atom. The molecule has 3 amide bonds. The van der Waals surface area contributed by atoms with Crippen LogP contribution in [0.3, 0.4) is 0 Å². The highest BCUT2D eigenvalue weighted by Crippen LogP contribution is 2.27. The third-order valence-electron chi connectivity index (χ3n) is 6.92. The molecule has 2 saturated heterocycles. The van der Waals surface area contributed by atoms with Crippen molar-refractivity contribution in [2.24, 2.45) is 5.92 Å². The topological polar surface area (TPSA) is 70.0 Å². The molecule has 0 saturated carbocycles. The predicted octanol–water partition coefficient (Wildman–Crippen LogP) is 3.68. The van der Waals surface area contributed by atoms with Gasteiger partial charge in [-0.25, -0.2) is 13.7 Å². The van der Waals surface area contributed by atoms with Crippen molar-refractivity contribution in [3.05, 3.63) is 65.2 Å². The second kappa shape index (κ2) is 8.94. The van der Waals surface area contributed by atoms with Crippen LogP contribution in [-0.2, 0) is 17.8 Å². The van der Waals surface area contributed by atoms with Crippen LogP contribution in [0.1, 0.15) is 36.0 Å². The van der Waals surface area contributed by atoms with Gasteiger partial charge in [-0.2, -0.15) is 5.10 Å². The van der Waals surface area contributed by atoms with Crippen molar-refractivity contribution < 1.29 is 14.0 Å². The molecule has 5 rings (SSSR count). The molecule has 0 aliphatic carbocycles. The number of urea groups is 1. The Hall–Kier alpha value is -3.26. The highest BCUT2D eigenvalue weighted by atomic mass is 19.1. The molecule has 1 aromatic carbocycles. The van der Waals surface area contributed by atoms with Crippen LogP contribution in [0.2, 0.25) is 0 Å². The lowest BCUT2D eigenvalue weighted by Gasteiger charge is -2.32. The number of pyridine rings is 1. The Labute approximate surface area is 192 Å². The number of hydrogen-bond donors (Lipinski definition) is 1. The van der Waals surface area contributed by atoms with E-state index in [0.29, 0.717) is 12.5 Å². The molecular weight excluding hydrogens is 421 g/mol. The summed E-state index contributed by atoms with van der Waals surface area (Å²) in [5.41, 5.74) is 4.63. The molecule has 1 N–H and O–H groups in total. The molecule has 0 unspecified atom stereocenters. The van der Waals surface area contributed by atoms with Gasteiger partial charge in [-0.1, -0.05) is 12.1 Å². The molecule has 8 heteroatoms. The van der Waals surface area contributed by atoms with Gasteiger partial charge in [-0.15, -0.1) is 0 Å². The summed E-state index contributed by atoms with van der Waals surface area (Å²) in [6.07, 6.45) is 7.07. The lowest BCUT2D eigenvalue weighted by Crippen LogP contribution is -2.49. The van der Waals surface area contributed by atoms with Gasteiger partial charge < -0.3 is 0 Å². The summed E-state index contributed by atoms with van der Waals surface area (Å²) < 4.78 is 15.6. The number of rotatable bonds is 5. The third-order valence-corrected chi connectivity index (χ3v) is 6.92. The summed E-state index contributed by atoms with van der Waals surface area (Å²) in [6, 6.07) is 9.12. The number of carbonyl (C=O) groups excluding carboxylic acids is 2. The third kappa shape index (κ3) is 4.48. The number of halogens is 1. The first kappa shape index (κ1) is 21.6. The van der Waals surface area contributed by atoms with Gasteiger partial charge in [-0.3, -0.25) is 19.9 Å². The smallest absolute Gasteiger partial charge is 0.299 e. The molecule has 172 valence electrons. The van der Waals surface area contributed by atoms with Crippen molar-refractivity contribution in [3.63, 3.8) is 0 Å². The molecule has 2 aliphatic heterocycles. The first-order valence-corrected chi connectivity index (χ1v) is 11.5. The zero-order valence-corrected chi connectivity index (χ0v) is 18.8. The monoisotopic (exact) mass is 449 g/mol. The van der Waals surface area contributed by atoms with Crippen LogP contribution in [0, 0.1) is 18.7 Å². The minimum Gasteiger partial charge on any atom is -0.299 e. The summed E-state index contributed by atoms with van der Waals surface area (Å²) >= 11 is 0. The molecule has 0 radical (unpaired) electrons. The van der Waals surface area contributed by atoms with E-state index in [9.17, 15) is 14.0 Å². The molecule has 3 aromatic rings. The molecule has 0 bridgehead atoms. The van der Waals surface area contributed by atoms with Gasteiger partial charge in [0.1, 0.15) is 5.82 Å². The van der Waals surface area contributed by atoms with Crippen LogP contribution in [0.15, 0.2) is 42.7 Å². The fourth-order valence-electron chi connectivity index (χ4n) is 4.89. The fourth-order valence-corrected chi connectivity index (χ4v) is 4.89. The summed E-state index contributed by atoms with van der Waals surface area (Å²) in [7, 11) is 0. The van der Waals surface area contributed by atoms with E-state index in [1.807, 2.05) is 19.2 Å². The molecule has 2 aliphatic rings. The van der Waals surface area contributed by atoms with Gasteiger partial charge in [0.15, 0.2) is 0 Å². The van der Waals surface area contributed by atoms with Crippen LogP contribution in [0.25, 0.3) is 5.52 Å². The standard InChI is InChI=1S/C25H28FN5O2/c1-17-20(3-2-4-21(17)26)16-29-9-5-18(6-10-29)13-19-7-12-31-22(14-19)23(15-27-31)30-11-8-24(32)28-25(30)33/h2-4,7,12,14-15,18H,5-6,8-11,13,16H2,1H3,(H,28,32,33). The maximum absolute atomic E-state index is 13.8. The maximum Gasteiger partial charge on any atom is 0.328 e. The molecule has 0 spiro atoms. The van der Waals surface area contributed by atoms with Gasteiger partial charge >= 0.3 is 6.03 Å². The molecule has 7 nitrogen and oxygen atoms in total.